The number of hydrogen-bond acceptors (Lipinski definition) is 2. The Morgan fingerprint density at radius 3 is 2.17 bits per heavy atom. The summed E-state index contributed by atoms with van der Waals surface area (Å²) in [6.07, 6.45) is 4.86. The van der Waals surface area contributed by atoms with E-state index in [0.29, 0.717) is 6.61 Å². The first kappa shape index (κ1) is 13.4. The molecule has 18 heavy (non-hydrogen) atoms. The molecule has 1 aliphatic rings. The zero-order valence-electron chi connectivity index (χ0n) is 11.9. The Bertz CT molecular complexity index is 387. The summed E-state index contributed by atoms with van der Waals surface area (Å²) in [5.41, 5.74) is 4.02. The van der Waals surface area contributed by atoms with E-state index in [2.05, 4.69) is 44.0 Å². The van der Waals surface area contributed by atoms with Gasteiger partial charge in [-0.1, -0.05) is 18.9 Å². The molecule has 0 heterocycles. The van der Waals surface area contributed by atoms with Crippen molar-refractivity contribution >= 4 is 5.69 Å². The number of hydrogen-bond donors (Lipinski definition) is 1. The number of benzene rings is 1. The molecule has 2 rings (SSSR count). The van der Waals surface area contributed by atoms with E-state index in [1.165, 1.54) is 42.5 Å². The van der Waals surface area contributed by atoms with Crippen LogP contribution in [-0.4, -0.2) is 25.3 Å². The minimum absolute atomic E-state index is 0.131. The number of aryl methyl sites for hydroxylation is 2. The van der Waals surface area contributed by atoms with E-state index in [9.17, 15) is 5.11 Å². The highest BCUT2D eigenvalue weighted by Crippen LogP contribution is 2.39. The van der Waals surface area contributed by atoms with Gasteiger partial charge in [0.1, 0.15) is 0 Å². The maximum Gasteiger partial charge on any atom is 0.0504 e. The third-order valence-corrected chi connectivity index (χ3v) is 4.22. The maximum atomic E-state index is 9.69. The standard InChI is InChI=1S/C16H25NO/c1-13-8-14(2)10-15(9-13)17(3)11-16(12-18)6-4-5-7-16/h8-10,18H,4-7,11-12H2,1-3H3. The number of rotatable bonds is 4. The van der Waals surface area contributed by atoms with Crippen LogP contribution in [0.2, 0.25) is 0 Å². The summed E-state index contributed by atoms with van der Waals surface area (Å²) in [4.78, 5) is 2.31. The van der Waals surface area contributed by atoms with Crippen LogP contribution in [0.5, 0.6) is 0 Å². The molecular formula is C16H25NO. The molecule has 0 radical (unpaired) electrons. The van der Waals surface area contributed by atoms with Gasteiger partial charge in [0.2, 0.25) is 0 Å². The Morgan fingerprint density at radius 2 is 1.67 bits per heavy atom. The topological polar surface area (TPSA) is 23.5 Å². The van der Waals surface area contributed by atoms with Crippen molar-refractivity contribution in [3.63, 3.8) is 0 Å². The van der Waals surface area contributed by atoms with E-state index in [1.54, 1.807) is 0 Å². The summed E-state index contributed by atoms with van der Waals surface area (Å²) in [6, 6.07) is 6.66. The van der Waals surface area contributed by atoms with Crippen molar-refractivity contribution in [2.45, 2.75) is 39.5 Å². The second kappa shape index (κ2) is 5.31. The van der Waals surface area contributed by atoms with Crippen molar-refractivity contribution in [1.82, 2.24) is 0 Å². The third kappa shape index (κ3) is 2.86. The Labute approximate surface area is 111 Å². The lowest BCUT2D eigenvalue weighted by Gasteiger charge is -2.33. The summed E-state index contributed by atoms with van der Waals surface area (Å²) < 4.78 is 0. The molecule has 0 unspecified atom stereocenters. The van der Waals surface area contributed by atoms with E-state index in [-0.39, 0.29) is 5.41 Å². The minimum Gasteiger partial charge on any atom is -0.396 e. The van der Waals surface area contributed by atoms with Crippen LogP contribution < -0.4 is 4.90 Å². The normalized spacial score (nSPS) is 18.0. The molecule has 0 aromatic heterocycles. The van der Waals surface area contributed by atoms with Crippen molar-refractivity contribution in [3.05, 3.63) is 29.3 Å². The van der Waals surface area contributed by atoms with Crippen LogP contribution in [0.15, 0.2) is 18.2 Å². The molecule has 1 saturated carbocycles. The van der Waals surface area contributed by atoms with Gasteiger partial charge in [-0.05, 0) is 49.9 Å². The van der Waals surface area contributed by atoms with Crippen LogP contribution >= 0.6 is 0 Å². The van der Waals surface area contributed by atoms with Gasteiger partial charge < -0.3 is 10.0 Å². The highest BCUT2D eigenvalue weighted by molar-refractivity contribution is 5.50. The predicted molar refractivity (Wildman–Crippen MR) is 77.2 cm³/mol. The minimum atomic E-state index is 0.131. The highest BCUT2D eigenvalue weighted by Gasteiger charge is 2.34. The van der Waals surface area contributed by atoms with E-state index < -0.39 is 0 Å². The lowest BCUT2D eigenvalue weighted by molar-refractivity contribution is 0.137. The number of nitrogens with zero attached hydrogens (tertiary/aromatic N) is 1. The Morgan fingerprint density at radius 1 is 1.11 bits per heavy atom. The monoisotopic (exact) mass is 247 g/mol. The van der Waals surface area contributed by atoms with Crippen LogP contribution in [0.25, 0.3) is 0 Å². The fraction of sp³-hybridized carbons (Fsp3) is 0.625. The number of aliphatic hydroxyl groups is 1. The molecule has 0 spiro atoms. The summed E-state index contributed by atoms with van der Waals surface area (Å²) in [5.74, 6) is 0. The largest absolute Gasteiger partial charge is 0.396 e. The molecular weight excluding hydrogens is 222 g/mol. The first-order valence-electron chi connectivity index (χ1n) is 6.95. The molecule has 0 bridgehead atoms. The lowest BCUT2D eigenvalue weighted by Crippen LogP contribution is -2.36. The van der Waals surface area contributed by atoms with Gasteiger partial charge in [0.15, 0.2) is 0 Å². The van der Waals surface area contributed by atoms with Gasteiger partial charge in [-0.15, -0.1) is 0 Å². The van der Waals surface area contributed by atoms with Gasteiger partial charge >= 0.3 is 0 Å². The molecule has 0 amide bonds. The molecule has 0 atom stereocenters. The Kier molecular flexibility index (Phi) is 3.96. The van der Waals surface area contributed by atoms with Crippen LogP contribution in [-0.2, 0) is 0 Å². The second-order valence-corrected chi connectivity index (χ2v) is 6.07. The van der Waals surface area contributed by atoms with Crippen molar-refractivity contribution in [1.29, 1.82) is 0 Å². The number of anilines is 1. The molecule has 1 aromatic carbocycles. The molecule has 0 saturated heterocycles. The molecule has 1 N–H and O–H groups in total. The van der Waals surface area contributed by atoms with Crippen LogP contribution in [0.4, 0.5) is 5.69 Å². The van der Waals surface area contributed by atoms with Gasteiger partial charge in [0.25, 0.3) is 0 Å². The Balaban J connectivity index is 2.13. The van der Waals surface area contributed by atoms with E-state index in [0.717, 1.165) is 6.54 Å². The van der Waals surface area contributed by atoms with E-state index in [1.807, 2.05) is 0 Å². The second-order valence-electron chi connectivity index (χ2n) is 6.07. The van der Waals surface area contributed by atoms with Crippen LogP contribution in [0.3, 0.4) is 0 Å². The van der Waals surface area contributed by atoms with E-state index >= 15 is 0 Å². The Hall–Kier alpha value is -1.02. The number of aliphatic hydroxyl groups excluding tert-OH is 1. The smallest absolute Gasteiger partial charge is 0.0504 e. The molecule has 100 valence electrons. The SMILES string of the molecule is Cc1cc(C)cc(N(C)CC2(CO)CCCC2)c1. The summed E-state index contributed by atoms with van der Waals surface area (Å²) in [7, 11) is 2.14. The van der Waals surface area contributed by atoms with Crippen LogP contribution in [0.1, 0.15) is 36.8 Å². The fourth-order valence-corrected chi connectivity index (χ4v) is 3.26. The third-order valence-electron chi connectivity index (χ3n) is 4.22. The molecule has 2 heteroatoms. The average Bonchev–Trinajstić information content (AvgIpc) is 2.77. The van der Waals surface area contributed by atoms with Gasteiger partial charge in [0.05, 0.1) is 6.61 Å². The summed E-state index contributed by atoms with van der Waals surface area (Å²) >= 11 is 0. The highest BCUT2D eigenvalue weighted by atomic mass is 16.3. The fourth-order valence-electron chi connectivity index (χ4n) is 3.26. The van der Waals surface area contributed by atoms with Crippen molar-refractivity contribution in [3.8, 4) is 0 Å². The summed E-state index contributed by atoms with van der Waals surface area (Å²) in [5, 5.41) is 9.69. The average molecular weight is 247 g/mol. The van der Waals surface area contributed by atoms with Crippen LogP contribution in [0, 0.1) is 19.3 Å². The van der Waals surface area contributed by atoms with Gasteiger partial charge in [-0.3, -0.25) is 0 Å². The zero-order valence-corrected chi connectivity index (χ0v) is 11.9. The molecule has 2 nitrogen and oxygen atoms in total. The zero-order chi connectivity index (χ0) is 13.2. The predicted octanol–water partition coefficient (Wildman–Crippen LogP) is 3.29. The summed E-state index contributed by atoms with van der Waals surface area (Å²) in [6.45, 7) is 5.57. The maximum absolute atomic E-state index is 9.69. The van der Waals surface area contributed by atoms with Gasteiger partial charge in [0, 0.05) is 24.7 Å². The van der Waals surface area contributed by atoms with Gasteiger partial charge in [-0.2, -0.15) is 0 Å². The van der Waals surface area contributed by atoms with Crippen molar-refractivity contribution < 1.29 is 5.11 Å². The van der Waals surface area contributed by atoms with E-state index in [4.69, 9.17) is 0 Å². The quantitative estimate of drug-likeness (QED) is 0.882. The molecule has 1 aliphatic carbocycles. The lowest BCUT2D eigenvalue weighted by atomic mass is 9.86. The molecule has 0 aliphatic heterocycles. The first-order valence-corrected chi connectivity index (χ1v) is 6.95. The van der Waals surface area contributed by atoms with Gasteiger partial charge in [-0.25, -0.2) is 0 Å². The molecule has 1 aromatic rings. The first-order chi connectivity index (χ1) is 8.54. The van der Waals surface area contributed by atoms with Crippen molar-refractivity contribution in [2.24, 2.45) is 5.41 Å². The van der Waals surface area contributed by atoms with Crippen molar-refractivity contribution in [2.75, 3.05) is 25.1 Å². The molecule has 1 fully saturated rings.